The van der Waals surface area contributed by atoms with Gasteiger partial charge in [0.2, 0.25) is 0 Å². The molecule has 0 saturated heterocycles. The van der Waals surface area contributed by atoms with E-state index in [-0.39, 0.29) is 0 Å². The molecule has 112 valence electrons. The fraction of sp³-hybridized carbons (Fsp3) is 0.444. The highest BCUT2D eigenvalue weighted by atomic mass is 32.1. The molecule has 1 aromatic heterocycles. The average molecular weight is 301 g/mol. The van der Waals surface area contributed by atoms with E-state index in [1.54, 1.807) is 0 Å². The molecule has 2 aromatic rings. The van der Waals surface area contributed by atoms with Gasteiger partial charge in [0.25, 0.3) is 0 Å². The Labute approximate surface area is 131 Å². The molecule has 0 aliphatic heterocycles. The molecule has 3 rings (SSSR count). The number of hydrogen-bond donors (Lipinski definition) is 1. The standard InChI is InChI=1S/C18H23NOS/c1-2-20-16-11-9-15(10-12-16)19-18(14-6-3-4-7-14)17-8-5-13-21-17/h5,8-14,18-19H,2-4,6-7H2,1H3. The number of nitrogens with one attached hydrogen (secondary N) is 1. The van der Waals surface area contributed by atoms with Crippen LogP contribution in [0.25, 0.3) is 0 Å². The summed E-state index contributed by atoms with van der Waals surface area (Å²) in [5.41, 5.74) is 1.18. The molecule has 1 aliphatic rings. The minimum atomic E-state index is 0.449. The zero-order valence-electron chi connectivity index (χ0n) is 12.5. The van der Waals surface area contributed by atoms with Gasteiger partial charge < -0.3 is 10.1 Å². The van der Waals surface area contributed by atoms with Gasteiger partial charge in [0.15, 0.2) is 0 Å². The molecule has 3 heteroatoms. The molecule has 0 amide bonds. The molecule has 0 spiro atoms. The first kappa shape index (κ1) is 14.5. The van der Waals surface area contributed by atoms with Crippen LogP contribution in [0.1, 0.15) is 43.5 Å². The van der Waals surface area contributed by atoms with Gasteiger partial charge in [0.1, 0.15) is 5.75 Å². The third-order valence-electron chi connectivity index (χ3n) is 4.21. The predicted molar refractivity (Wildman–Crippen MR) is 90.3 cm³/mol. The van der Waals surface area contributed by atoms with Crippen LogP contribution in [0.5, 0.6) is 5.75 Å². The highest BCUT2D eigenvalue weighted by Crippen LogP contribution is 2.39. The van der Waals surface area contributed by atoms with Crippen molar-refractivity contribution in [2.24, 2.45) is 5.92 Å². The Kier molecular flexibility index (Phi) is 4.81. The van der Waals surface area contributed by atoms with E-state index in [1.807, 2.05) is 30.4 Å². The average Bonchev–Trinajstić information content (AvgIpc) is 3.20. The molecule has 1 aromatic carbocycles. The SMILES string of the molecule is CCOc1ccc(NC(c2cccs2)C2CCCC2)cc1. The summed E-state index contributed by atoms with van der Waals surface area (Å²) in [5, 5.41) is 5.93. The van der Waals surface area contributed by atoms with Gasteiger partial charge in [-0.15, -0.1) is 11.3 Å². The molecular weight excluding hydrogens is 278 g/mol. The lowest BCUT2D eigenvalue weighted by Gasteiger charge is -2.25. The third kappa shape index (κ3) is 3.59. The van der Waals surface area contributed by atoms with E-state index in [9.17, 15) is 0 Å². The first-order valence-corrected chi connectivity index (χ1v) is 8.77. The molecule has 1 atom stereocenters. The van der Waals surface area contributed by atoms with Gasteiger partial charge in [-0.05, 0) is 61.4 Å². The second kappa shape index (κ2) is 6.99. The zero-order valence-corrected chi connectivity index (χ0v) is 13.4. The molecule has 1 unspecified atom stereocenters. The first-order valence-electron chi connectivity index (χ1n) is 7.89. The number of thiophene rings is 1. The molecule has 1 saturated carbocycles. The smallest absolute Gasteiger partial charge is 0.119 e. The van der Waals surface area contributed by atoms with Gasteiger partial charge in [-0.25, -0.2) is 0 Å². The Hall–Kier alpha value is -1.48. The number of ether oxygens (including phenoxy) is 1. The van der Waals surface area contributed by atoms with E-state index >= 15 is 0 Å². The van der Waals surface area contributed by atoms with E-state index in [2.05, 4.69) is 35.0 Å². The van der Waals surface area contributed by atoms with Crippen molar-refractivity contribution in [3.05, 3.63) is 46.7 Å². The summed E-state index contributed by atoms with van der Waals surface area (Å²) in [5.74, 6) is 1.70. The Morgan fingerprint density at radius 1 is 1.19 bits per heavy atom. The molecule has 2 nitrogen and oxygen atoms in total. The Morgan fingerprint density at radius 3 is 2.57 bits per heavy atom. The van der Waals surface area contributed by atoms with E-state index in [0.717, 1.165) is 11.7 Å². The van der Waals surface area contributed by atoms with Crippen LogP contribution in [0.3, 0.4) is 0 Å². The molecule has 1 aliphatic carbocycles. The molecule has 21 heavy (non-hydrogen) atoms. The third-order valence-corrected chi connectivity index (χ3v) is 5.16. The topological polar surface area (TPSA) is 21.3 Å². The lowest BCUT2D eigenvalue weighted by molar-refractivity contribution is 0.340. The second-order valence-corrected chi connectivity index (χ2v) is 6.62. The summed E-state index contributed by atoms with van der Waals surface area (Å²) >= 11 is 1.86. The van der Waals surface area contributed by atoms with Gasteiger partial charge in [-0.3, -0.25) is 0 Å². The Bertz CT molecular complexity index is 529. The summed E-state index contributed by atoms with van der Waals surface area (Å²) in [7, 11) is 0. The summed E-state index contributed by atoms with van der Waals surface area (Å²) in [6, 6.07) is 13.2. The van der Waals surface area contributed by atoms with E-state index in [0.29, 0.717) is 12.6 Å². The van der Waals surface area contributed by atoms with Gasteiger partial charge in [-0.2, -0.15) is 0 Å². The van der Waals surface area contributed by atoms with Crippen molar-refractivity contribution >= 4 is 17.0 Å². The fourth-order valence-corrected chi connectivity index (χ4v) is 4.04. The molecule has 1 fully saturated rings. The first-order chi connectivity index (χ1) is 10.4. The Morgan fingerprint density at radius 2 is 1.95 bits per heavy atom. The van der Waals surface area contributed by atoms with Crippen molar-refractivity contribution in [3.63, 3.8) is 0 Å². The van der Waals surface area contributed by atoms with Crippen molar-refractivity contribution in [1.29, 1.82) is 0 Å². The lowest BCUT2D eigenvalue weighted by atomic mass is 9.96. The largest absolute Gasteiger partial charge is 0.494 e. The molecule has 0 radical (unpaired) electrons. The summed E-state index contributed by atoms with van der Waals surface area (Å²) in [4.78, 5) is 1.45. The maximum atomic E-state index is 5.51. The van der Waals surface area contributed by atoms with Crippen molar-refractivity contribution < 1.29 is 4.74 Å². The van der Waals surface area contributed by atoms with Crippen molar-refractivity contribution in [3.8, 4) is 5.75 Å². The van der Waals surface area contributed by atoms with Gasteiger partial charge in [0.05, 0.1) is 12.6 Å². The fourth-order valence-electron chi connectivity index (χ4n) is 3.17. The molecule has 1 heterocycles. The van der Waals surface area contributed by atoms with Crippen LogP contribution >= 0.6 is 11.3 Å². The molecule has 1 N–H and O–H groups in total. The van der Waals surface area contributed by atoms with Crippen LogP contribution in [0.2, 0.25) is 0 Å². The normalized spacial score (nSPS) is 16.8. The summed E-state index contributed by atoms with van der Waals surface area (Å²) in [6.07, 6.45) is 5.42. The quantitative estimate of drug-likeness (QED) is 0.761. The highest BCUT2D eigenvalue weighted by molar-refractivity contribution is 7.10. The van der Waals surface area contributed by atoms with Crippen LogP contribution in [0, 0.1) is 5.92 Å². The second-order valence-electron chi connectivity index (χ2n) is 5.64. The monoisotopic (exact) mass is 301 g/mol. The van der Waals surface area contributed by atoms with E-state index in [4.69, 9.17) is 4.74 Å². The van der Waals surface area contributed by atoms with Crippen LogP contribution in [-0.2, 0) is 0 Å². The van der Waals surface area contributed by atoms with Gasteiger partial charge >= 0.3 is 0 Å². The maximum Gasteiger partial charge on any atom is 0.119 e. The van der Waals surface area contributed by atoms with Crippen LogP contribution in [0.4, 0.5) is 5.69 Å². The minimum Gasteiger partial charge on any atom is -0.494 e. The van der Waals surface area contributed by atoms with Crippen molar-refractivity contribution in [2.45, 2.75) is 38.6 Å². The maximum absolute atomic E-state index is 5.51. The zero-order chi connectivity index (χ0) is 14.5. The van der Waals surface area contributed by atoms with E-state index < -0.39 is 0 Å². The predicted octanol–water partition coefficient (Wildman–Crippen LogP) is 5.49. The van der Waals surface area contributed by atoms with E-state index in [1.165, 1.54) is 36.2 Å². The van der Waals surface area contributed by atoms with Crippen LogP contribution < -0.4 is 10.1 Å². The molecular formula is C18H23NOS. The Balaban J connectivity index is 1.74. The lowest BCUT2D eigenvalue weighted by Crippen LogP contribution is -2.17. The van der Waals surface area contributed by atoms with Crippen molar-refractivity contribution in [2.75, 3.05) is 11.9 Å². The highest BCUT2D eigenvalue weighted by Gasteiger charge is 2.26. The van der Waals surface area contributed by atoms with Gasteiger partial charge in [-0.1, -0.05) is 18.9 Å². The number of benzene rings is 1. The van der Waals surface area contributed by atoms with Crippen molar-refractivity contribution in [1.82, 2.24) is 0 Å². The summed E-state index contributed by atoms with van der Waals surface area (Å²) in [6.45, 7) is 2.73. The molecule has 0 bridgehead atoms. The summed E-state index contributed by atoms with van der Waals surface area (Å²) < 4.78 is 5.51. The van der Waals surface area contributed by atoms with Crippen LogP contribution in [0.15, 0.2) is 41.8 Å². The minimum absolute atomic E-state index is 0.449. The van der Waals surface area contributed by atoms with Gasteiger partial charge in [0, 0.05) is 10.6 Å². The number of hydrogen-bond acceptors (Lipinski definition) is 3. The van der Waals surface area contributed by atoms with Crippen LogP contribution in [-0.4, -0.2) is 6.61 Å². The number of anilines is 1. The number of rotatable bonds is 6.